The predicted octanol–water partition coefficient (Wildman–Crippen LogP) is 2.62. The number of rotatable bonds is 3. The van der Waals surface area contributed by atoms with Crippen molar-refractivity contribution in [3.63, 3.8) is 0 Å². The van der Waals surface area contributed by atoms with Gasteiger partial charge in [-0.05, 0) is 23.3 Å². The van der Waals surface area contributed by atoms with E-state index in [-0.39, 0.29) is 23.3 Å². The van der Waals surface area contributed by atoms with Crippen molar-refractivity contribution < 1.29 is 24.9 Å². The highest BCUT2D eigenvalue weighted by molar-refractivity contribution is 5.93. The Balaban J connectivity index is 2.38. The van der Waals surface area contributed by atoms with Crippen LogP contribution in [0.25, 0.3) is 6.08 Å². The van der Waals surface area contributed by atoms with Gasteiger partial charge < -0.3 is 15.3 Å². The largest absolute Gasteiger partial charge is 0.507 e. The quantitative estimate of drug-likeness (QED) is 0.786. The number of carboxylic acid groups (broad SMARTS) is 2. The molecule has 5 heteroatoms. The van der Waals surface area contributed by atoms with Crippen molar-refractivity contribution in [3.05, 3.63) is 64.4 Å². The van der Waals surface area contributed by atoms with E-state index in [1.165, 1.54) is 12.1 Å². The summed E-state index contributed by atoms with van der Waals surface area (Å²) in [5.41, 5.74) is 1.15. The highest BCUT2D eigenvalue weighted by Crippen LogP contribution is 2.25. The lowest BCUT2D eigenvalue weighted by atomic mass is 9.95. The summed E-state index contributed by atoms with van der Waals surface area (Å²) in [4.78, 5) is 22.1. The molecule has 5 nitrogen and oxygen atoms in total. The Hall–Kier alpha value is -2.82. The van der Waals surface area contributed by atoms with Crippen molar-refractivity contribution in [1.82, 2.24) is 0 Å². The van der Waals surface area contributed by atoms with Gasteiger partial charge in [0.2, 0.25) is 0 Å². The molecule has 0 amide bonds. The van der Waals surface area contributed by atoms with E-state index >= 15 is 0 Å². The molecule has 2 rings (SSSR count). The molecule has 0 spiro atoms. The SMILES string of the molecule is O=C(O)C1=C(O)C=CC(=Cc2ccccc2C(=O)O)C1. The van der Waals surface area contributed by atoms with Crippen LogP contribution in [-0.4, -0.2) is 27.3 Å². The Labute approximate surface area is 114 Å². The third-order valence-corrected chi connectivity index (χ3v) is 2.94. The van der Waals surface area contributed by atoms with E-state index in [9.17, 15) is 14.7 Å². The van der Waals surface area contributed by atoms with Gasteiger partial charge in [0.25, 0.3) is 0 Å². The third kappa shape index (κ3) is 2.77. The molecule has 0 atom stereocenters. The molecule has 0 radical (unpaired) electrons. The molecule has 3 N–H and O–H groups in total. The van der Waals surface area contributed by atoms with Crippen LogP contribution in [0.15, 0.2) is 53.3 Å². The number of hydrogen-bond acceptors (Lipinski definition) is 3. The number of benzene rings is 1. The van der Waals surface area contributed by atoms with Gasteiger partial charge in [0.15, 0.2) is 0 Å². The van der Waals surface area contributed by atoms with Crippen LogP contribution in [0.5, 0.6) is 0 Å². The first-order chi connectivity index (χ1) is 9.49. The van der Waals surface area contributed by atoms with Crippen molar-refractivity contribution in [2.45, 2.75) is 6.42 Å². The minimum absolute atomic E-state index is 0.0472. The van der Waals surface area contributed by atoms with E-state index in [4.69, 9.17) is 10.2 Å². The number of aliphatic hydroxyl groups excluding tert-OH is 1. The maximum absolute atomic E-state index is 11.1. The van der Waals surface area contributed by atoms with Crippen LogP contribution in [0.3, 0.4) is 0 Å². The fourth-order valence-corrected chi connectivity index (χ4v) is 1.94. The summed E-state index contributed by atoms with van der Waals surface area (Å²) in [5, 5.41) is 27.5. The van der Waals surface area contributed by atoms with Gasteiger partial charge >= 0.3 is 11.9 Å². The van der Waals surface area contributed by atoms with E-state index < -0.39 is 11.9 Å². The fourth-order valence-electron chi connectivity index (χ4n) is 1.94. The zero-order valence-corrected chi connectivity index (χ0v) is 10.4. The number of carboxylic acids is 2. The molecule has 0 bridgehead atoms. The first-order valence-electron chi connectivity index (χ1n) is 5.85. The highest BCUT2D eigenvalue weighted by atomic mass is 16.4. The minimum Gasteiger partial charge on any atom is -0.507 e. The average Bonchev–Trinajstić information content (AvgIpc) is 2.41. The lowest BCUT2D eigenvalue weighted by molar-refractivity contribution is -0.132. The number of aliphatic carboxylic acids is 1. The predicted molar refractivity (Wildman–Crippen MR) is 72.4 cm³/mol. The molecule has 0 saturated carbocycles. The lowest BCUT2D eigenvalue weighted by Gasteiger charge is -2.11. The second kappa shape index (κ2) is 5.44. The number of aromatic carboxylic acids is 1. The summed E-state index contributed by atoms with van der Waals surface area (Å²) in [6.07, 6.45) is 4.52. The maximum Gasteiger partial charge on any atom is 0.336 e. The zero-order chi connectivity index (χ0) is 14.7. The summed E-state index contributed by atoms with van der Waals surface area (Å²) in [6.45, 7) is 0. The van der Waals surface area contributed by atoms with Crippen LogP contribution < -0.4 is 0 Å². The molecule has 1 aromatic rings. The number of hydrogen-bond donors (Lipinski definition) is 3. The van der Waals surface area contributed by atoms with Crippen LogP contribution in [0.1, 0.15) is 22.3 Å². The molecule has 0 aliphatic heterocycles. The standard InChI is InChI=1S/C15H12O5/c16-13-6-5-9(8-12(13)15(19)20)7-10-3-1-2-4-11(10)14(17)18/h1-7,16H,8H2,(H,17,18)(H,19,20). The Morgan fingerprint density at radius 2 is 1.75 bits per heavy atom. The summed E-state index contributed by atoms with van der Waals surface area (Å²) in [6, 6.07) is 6.45. The van der Waals surface area contributed by atoms with Crippen LogP contribution in [0, 0.1) is 0 Å². The molecule has 0 fully saturated rings. The molecule has 0 saturated heterocycles. The molecule has 102 valence electrons. The average molecular weight is 272 g/mol. The third-order valence-electron chi connectivity index (χ3n) is 2.94. The Bertz CT molecular complexity index is 665. The van der Waals surface area contributed by atoms with E-state index in [1.807, 2.05) is 0 Å². The van der Waals surface area contributed by atoms with Gasteiger partial charge in [-0.2, -0.15) is 0 Å². The highest BCUT2D eigenvalue weighted by Gasteiger charge is 2.18. The topological polar surface area (TPSA) is 94.8 Å². The first kappa shape index (κ1) is 13.6. The molecule has 0 aromatic heterocycles. The van der Waals surface area contributed by atoms with Gasteiger partial charge in [0, 0.05) is 6.42 Å². The van der Waals surface area contributed by atoms with Gasteiger partial charge in [0.1, 0.15) is 5.76 Å². The summed E-state index contributed by atoms with van der Waals surface area (Å²) >= 11 is 0. The summed E-state index contributed by atoms with van der Waals surface area (Å²) < 4.78 is 0. The molecule has 0 heterocycles. The van der Waals surface area contributed by atoms with Crippen LogP contribution >= 0.6 is 0 Å². The first-order valence-corrected chi connectivity index (χ1v) is 5.85. The van der Waals surface area contributed by atoms with Crippen molar-refractivity contribution in [2.75, 3.05) is 0 Å². The van der Waals surface area contributed by atoms with Gasteiger partial charge in [-0.1, -0.05) is 30.4 Å². The number of allylic oxidation sites excluding steroid dienone is 3. The van der Waals surface area contributed by atoms with E-state index in [0.29, 0.717) is 11.1 Å². The zero-order valence-electron chi connectivity index (χ0n) is 10.4. The van der Waals surface area contributed by atoms with E-state index in [1.54, 1.807) is 30.4 Å². The minimum atomic E-state index is -1.19. The molecular weight excluding hydrogens is 260 g/mol. The van der Waals surface area contributed by atoms with Crippen LogP contribution in [0.2, 0.25) is 0 Å². The Morgan fingerprint density at radius 1 is 1.05 bits per heavy atom. The smallest absolute Gasteiger partial charge is 0.336 e. The molecule has 20 heavy (non-hydrogen) atoms. The summed E-state index contributed by atoms with van der Waals surface area (Å²) in [5.74, 6) is -2.51. The van der Waals surface area contributed by atoms with Crippen molar-refractivity contribution in [3.8, 4) is 0 Å². The van der Waals surface area contributed by atoms with Crippen LogP contribution in [0.4, 0.5) is 0 Å². The Morgan fingerprint density at radius 3 is 2.40 bits per heavy atom. The van der Waals surface area contributed by atoms with Crippen molar-refractivity contribution in [1.29, 1.82) is 0 Å². The maximum atomic E-state index is 11.1. The molecule has 0 unspecified atom stereocenters. The van der Waals surface area contributed by atoms with Crippen LogP contribution in [-0.2, 0) is 4.79 Å². The summed E-state index contributed by atoms with van der Waals surface area (Å²) in [7, 11) is 0. The van der Waals surface area contributed by atoms with Gasteiger partial charge in [0.05, 0.1) is 11.1 Å². The van der Waals surface area contributed by atoms with Crippen molar-refractivity contribution in [2.24, 2.45) is 0 Å². The second-order valence-electron chi connectivity index (χ2n) is 4.29. The monoisotopic (exact) mass is 272 g/mol. The molecular formula is C15H12O5. The molecule has 1 aliphatic carbocycles. The molecule has 1 aliphatic rings. The van der Waals surface area contributed by atoms with E-state index in [0.717, 1.165) is 0 Å². The normalized spacial score (nSPS) is 16.5. The number of aliphatic hydroxyl groups is 1. The van der Waals surface area contributed by atoms with E-state index in [2.05, 4.69) is 0 Å². The van der Waals surface area contributed by atoms with Crippen molar-refractivity contribution >= 4 is 18.0 Å². The van der Waals surface area contributed by atoms with Gasteiger partial charge in [-0.25, -0.2) is 9.59 Å². The van der Waals surface area contributed by atoms with Gasteiger partial charge in [-0.3, -0.25) is 0 Å². The fraction of sp³-hybridized carbons (Fsp3) is 0.0667. The lowest BCUT2D eigenvalue weighted by Crippen LogP contribution is -2.07. The molecule has 1 aromatic carbocycles. The second-order valence-corrected chi connectivity index (χ2v) is 4.29. The van der Waals surface area contributed by atoms with Gasteiger partial charge in [-0.15, -0.1) is 0 Å². The number of carbonyl (C=O) groups is 2. The Kier molecular flexibility index (Phi) is 3.70.